The second-order valence-corrected chi connectivity index (χ2v) is 7.80. The van der Waals surface area contributed by atoms with Gasteiger partial charge in [0.25, 0.3) is 0 Å². The second kappa shape index (κ2) is 11.7. The van der Waals surface area contributed by atoms with E-state index in [1.165, 1.54) is 70.6 Å². The molecular weight excluding hydrogens is 401 g/mol. The molecule has 4 heteroatoms. The van der Waals surface area contributed by atoms with Crippen LogP contribution < -0.4 is 24.0 Å². The summed E-state index contributed by atoms with van der Waals surface area (Å²) in [7, 11) is 2.20. The van der Waals surface area contributed by atoms with Gasteiger partial charge in [-0.1, -0.05) is 44.9 Å². The summed E-state index contributed by atoms with van der Waals surface area (Å²) >= 11 is 0. The Balaban J connectivity index is 0.00000264. The van der Waals surface area contributed by atoms with E-state index in [-0.39, 0.29) is 36.0 Å². The number of likely N-dealkylation sites (N-methyl/N-ethyl adjacent to an activating group) is 1. The number of esters is 1. The van der Waals surface area contributed by atoms with Crippen LogP contribution in [0.15, 0.2) is 0 Å². The van der Waals surface area contributed by atoms with Crippen molar-refractivity contribution in [3.63, 3.8) is 0 Å². The zero-order valence-electron chi connectivity index (χ0n) is 15.0. The van der Waals surface area contributed by atoms with Crippen LogP contribution in [0.1, 0.15) is 83.5 Å². The summed E-state index contributed by atoms with van der Waals surface area (Å²) in [5, 5.41) is 0. The summed E-state index contributed by atoms with van der Waals surface area (Å²) in [6, 6.07) is 0. The maximum absolute atomic E-state index is 12.3. The van der Waals surface area contributed by atoms with E-state index in [2.05, 4.69) is 7.05 Å². The molecular formula is C19H36INO2. The first kappa shape index (κ1) is 21.2. The SMILES string of the molecule is C[N+]1(CC(=O)OC2CCCCCCCCCCC2)CCCC1.[I-]. The zero-order valence-corrected chi connectivity index (χ0v) is 17.2. The fourth-order valence-corrected chi connectivity index (χ4v) is 4.04. The van der Waals surface area contributed by atoms with Crippen molar-refractivity contribution in [1.82, 2.24) is 0 Å². The van der Waals surface area contributed by atoms with Crippen molar-refractivity contribution in [3.05, 3.63) is 0 Å². The van der Waals surface area contributed by atoms with Crippen LogP contribution in [0, 0.1) is 0 Å². The number of carbonyl (C=O) groups is 1. The Labute approximate surface area is 160 Å². The van der Waals surface area contributed by atoms with Crippen molar-refractivity contribution in [2.24, 2.45) is 0 Å². The van der Waals surface area contributed by atoms with Gasteiger partial charge in [-0.25, -0.2) is 4.79 Å². The van der Waals surface area contributed by atoms with Crippen LogP contribution in [-0.2, 0) is 9.53 Å². The zero-order chi connectivity index (χ0) is 15.7. The number of ether oxygens (including phenoxy) is 1. The first-order valence-corrected chi connectivity index (χ1v) is 9.71. The summed E-state index contributed by atoms with van der Waals surface area (Å²) in [6.45, 7) is 2.86. The van der Waals surface area contributed by atoms with Crippen LogP contribution in [0.5, 0.6) is 0 Å². The van der Waals surface area contributed by atoms with Crippen LogP contribution in [0.25, 0.3) is 0 Å². The molecule has 2 rings (SSSR count). The molecule has 1 saturated carbocycles. The van der Waals surface area contributed by atoms with Crippen LogP contribution in [0.3, 0.4) is 0 Å². The highest BCUT2D eigenvalue weighted by Gasteiger charge is 2.31. The molecule has 0 aromatic rings. The van der Waals surface area contributed by atoms with E-state index in [1.807, 2.05) is 0 Å². The fraction of sp³-hybridized carbons (Fsp3) is 0.947. The Bertz CT molecular complexity index is 317. The Morgan fingerprint density at radius 2 is 1.26 bits per heavy atom. The molecule has 0 aromatic heterocycles. The van der Waals surface area contributed by atoms with E-state index in [0.29, 0.717) is 6.54 Å². The predicted molar refractivity (Wildman–Crippen MR) is 90.7 cm³/mol. The third-order valence-electron chi connectivity index (χ3n) is 5.51. The maximum Gasteiger partial charge on any atom is 0.362 e. The van der Waals surface area contributed by atoms with Crippen molar-refractivity contribution in [2.75, 3.05) is 26.7 Å². The molecule has 2 aliphatic rings. The van der Waals surface area contributed by atoms with Crippen LogP contribution in [-0.4, -0.2) is 43.2 Å². The molecule has 1 heterocycles. The van der Waals surface area contributed by atoms with Gasteiger partial charge in [0.15, 0.2) is 6.54 Å². The first-order valence-electron chi connectivity index (χ1n) is 9.71. The minimum absolute atomic E-state index is 0. The van der Waals surface area contributed by atoms with Gasteiger partial charge in [-0.2, -0.15) is 0 Å². The molecule has 0 spiro atoms. The standard InChI is InChI=1S/C19H36NO2.HI/c1-20(15-11-12-16-20)17-19(21)22-18-13-9-7-5-3-2-4-6-8-10-14-18;/h18H,2-17H2,1H3;1H/q+1;/p-1. The molecule has 136 valence electrons. The summed E-state index contributed by atoms with van der Waals surface area (Å²) < 4.78 is 6.76. The highest BCUT2D eigenvalue weighted by Crippen LogP contribution is 2.20. The number of likely N-dealkylation sites (tertiary alicyclic amines) is 1. The largest absolute Gasteiger partial charge is 1.00 e. The maximum atomic E-state index is 12.3. The molecule has 1 aliphatic heterocycles. The van der Waals surface area contributed by atoms with Gasteiger partial charge in [0.2, 0.25) is 0 Å². The number of rotatable bonds is 3. The van der Waals surface area contributed by atoms with Gasteiger partial charge in [0, 0.05) is 12.8 Å². The van der Waals surface area contributed by atoms with E-state index < -0.39 is 0 Å². The minimum atomic E-state index is 0. The number of quaternary nitrogens is 1. The van der Waals surface area contributed by atoms with Crippen molar-refractivity contribution in [2.45, 2.75) is 89.6 Å². The second-order valence-electron chi connectivity index (χ2n) is 7.80. The third kappa shape index (κ3) is 8.71. The van der Waals surface area contributed by atoms with Gasteiger partial charge < -0.3 is 33.2 Å². The molecule has 0 aromatic carbocycles. The summed E-state index contributed by atoms with van der Waals surface area (Å²) in [6.07, 6.45) is 16.8. The molecule has 0 radical (unpaired) electrons. The van der Waals surface area contributed by atoms with Crippen LogP contribution >= 0.6 is 0 Å². The molecule has 2 fully saturated rings. The van der Waals surface area contributed by atoms with E-state index in [0.717, 1.165) is 30.4 Å². The Morgan fingerprint density at radius 1 is 0.826 bits per heavy atom. The van der Waals surface area contributed by atoms with Crippen molar-refractivity contribution in [3.8, 4) is 0 Å². The van der Waals surface area contributed by atoms with Gasteiger partial charge in [-0.05, 0) is 25.7 Å². The van der Waals surface area contributed by atoms with Gasteiger partial charge in [-0.3, -0.25) is 0 Å². The molecule has 1 saturated heterocycles. The summed E-state index contributed by atoms with van der Waals surface area (Å²) in [4.78, 5) is 12.3. The van der Waals surface area contributed by atoms with Gasteiger partial charge in [0.05, 0.1) is 20.1 Å². The van der Waals surface area contributed by atoms with E-state index in [4.69, 9.17) is 4.74 Å². The molecule has 0 N–H and O–H groups in total. The quantitative estimate of drug-likeness (QED) is 0.380. The average molecular weight is 437 g/mol. The van der Waals surface area contributed by atoms with Crippen molar-refractivity contribution >= 4 is 5.97 Å². The lowest BCUT2D eigenvalue weighted by molar-refractivity contribution is -0.890. The molecule has 0 unspecified atom stereocenters. The van der Waals surface area contributed by atoms with Gasteiger partial charge >= 0.3 is 5.97 Å². The monoisotopic (exact) mass is 437 g/mol. The molecule has 1 aliphatic carbocycles. The third-order valence-corrected chi connectivity index (χ3v) is 5.51. The lowest BCUT2D eigenvalue weighted by Gasteiger charge is -2.29. The van der Waals surface area contributed by atoms with Gasteiger partial charge in [-0.15, -0.1) is 0 Å². The Kier molecular flexibility index (Phi) is 10.8. The minimum Gasteiger partial charge on any atom is -1.00 e. The first-order chi connectivity index (χ1) is 10.7. The highest BCUT2D eigenvalue weighted by atomic mass is 127. The van der Waals surface area contributed by atoms with Crippen LogP contribution in [0.4, 0.5) is 0 Å². The van der Waals surface area contributed by atoms with Crippen molar-refractivity contribution < 1.29 is 38.0 Å². The lowest BCUT2D eigenvalue weighted by Crippen LogP contribution is -3.00. The van der Waals surface area contributed by atoms with E-state index in [1.54, 1.807) is 0 Å². The number of hydrogen-bond acceptors (Lipinski definition) is 2. The molecule has 23 heavy (non-hydrogen) atoms. The fourth-order valence-electron chi connectivity index (χ4n) is 4.04. The molecule has 0 bridgehead atoms. The molecule has 0 atom stereocenters. The number of carbonyl (C=O) groups excluding carboxylic acids is 1. The van der Waals surface area contributed by atoms with Gasteiger partial charge in [0.1, 0.15) is 6.10 Å². The number of nitrogens with zero attached hydrogens (tertiary/aromatic N) is 1. The topological polar surface area (TPSA) is 26.3 Å². The summed E-state index contributed by atoms with van der Waals surface area (Å²) in [5.41, 5.74) is 0. The van der Waals surface area contributed by atoms with Crippen LogP contribution in [0.2, 0.25) is 0 Å². The predicted octanol–water partition coefficient (Wildman–Crippen LogP) is 1.45. The van der Waals surface area contributed by atoms with E-state index in [9.17, 15) is 4.79 Å². The molecule has 3 nitrogen and oxygen atoms in total. The molecule has 0 amide bonds. The van der Waals surface area contributed by atoms with Crippen molar-refractivity contribution in [1.29, 1.82) is 0 Å². The normalized spacial score (nSPS) is 24.0. The summed E-state index contributed by atoms with van der Waals surface area (Å²) in [5.74, 6) is 0.0431. The smallest absolute Gasteiger partial charge is 0.362 e. The Hall–Kier alpha value is 0.160. The number of hydrogen-bond donors (Lipinski definition) is 0. The lowest BCUT2D eigenvalue weighted by atomic mass is 9.99. The van der Waals surface area contributed by atoms with E-state index >= 15 is 0 Å². The average Bonchev–Trinajstić information content (AvgIpc) is 2.88. The highest BCUT2D eigenvalue weighted by molar-refractivity contribution is 5.70. The number of halogens is 1. The Morgan fingerprint density at radius 3 is 1.74 bits per heavy atom.